The molecule has 1 saturated carbocycles. The second kappa shape index (κ2) is 7.14. The molecule has 1 aliphatic heterocycles. The molecule has 1 saturated heterocycles. The molecule has 1 heterocycles. The molecule has 2 fully saturated rings. The number of hydrogen-bond donors (Lipinski definition) is 1. The summed E-state index contributed by atoms with van der Waals surface area (Å²) in [4.78, 5) is 13.4. The Balaban J connectivity index is 1.39. The molecule has 0 unspecified atom stereocenters. The summed E-state index contributed by atoms with van der Waals surface area (Å²) < 4.78 is 5.99. The highest BCUT2D eigenvalue weighted by Crippen LogP contribution is 2.31. The Kier molecular flexibility index (Phi) is 4.98. The van der Waals surface area contributed by atoms with Crippen LogP contribution in [-0.4, -0.2) is 36.5 Å². The van der Waals surface area contributed by atoms with E-state index in [1.54, 1.807) is 6.92 Å². The molecule has 1 amide bonds. The molecule has 1 aromatic carbocycles. The van der Waals surface area contributed by atoms with Crippen LogP contribution >= 0.6 is 0 Å². The van der Waals surface area contributed by atoms with Gasteiger partial charge in [-0.2, -0.15) is 0 Å². The Morgan fingerprint density at radius 2 is 1.91 bits per heavy atom. The average Bonchev–Trinajstić information content (AvgIpc) is 2.95. The Hall–Kier alpha value is -1.55. The highest BCUT2D eigenvalue weighted by atomic mass is 16.5. The van der Waals surface area contributed by atoms with Gasteiger partial charge in [-0.1, -0.05) is 12.1 Å². The van der Waals surface area contributed by atoms with Gasteiger partial charge in [0.25, 0.3) is 0 Å². The normalized spacial score (nSPS) is 24.8. The van der Waals surface area contributed by atoms with Gasteiger partial charge in [0.15, 0.2) is 0 Å². The van der Waals surface area contributed by atoms with E-state index >= 15 is 0 Å². The topological polar surface area (TPSA) is 41.6 Å². The van der Waals surface area contributed by atoms with E-state index in [2.05, 4.69) is 34.5 Å². The van der Waals surface area contributed by atoms with E-state index in [1.165, 1.54) is 31.5 Å². The van der Waals surface area contributed by atoms with Gasteiger partial charge in [-0.3, -0.25) is 9.69 Å². The van der Waals surface area contributed by atoms with E-state index in [4.69, 9.17) is 4.74 Å². The molecule has 0 spiro atoms. The summed E-state index contributed by atoms with van der Waals surface area (Å²) in [5, 5.41) is 2.87. The molecular formula is C18H26N2O2. The van der Waals surface area contributed by atoms with Crippen LogP contribution in [0.4, 0.5) is 0 Å². The van der Waals surface area contributed by atoms with Gasteiger partial charge in [0.1, 0.15) is 5.75 Å². The molecule has 120 valence electrons. The first-order chi connectivity index (χ1) is 10.7. The minimum atomic E-state index is 0.0537. The van der Waals surface area contributed by atoms with Crippen molar-refractivity contribution < 1.29 is 9.53 Å². The van der Waals surface area contributed by atoms with E-state index in [9.17, 15) is 4.79 Å². The highest BCUT2D eigenvalue weighted by molar-refractivity contribution is 5.72. The number of nitrogens with zero attached hydrogens (tertiary/aromatic N) is 1. The number of benzene rings is 1. The summed E-state index contributed by atoms with van der Waals surface area (Å²) in [6.07, 6.45) is 5.06. The van der Waals surface area contributed by atoms with Crippen LogP contribution in [-0.2, 0) is 11.3 Å². The fourth-order valence-corrected chi connectivity index (χ4v) is 3.29. The zero-order chi connectivity index (χ0) is 15.4. The first-order valence-electron chi connectivity index (χ1n) is 8.41. The lowest BCUT2D eigenvalue weighted by atomic mass is 9.82. The van der Waals surface area contributed by atoms with Crippen molar-refractivity contribution in [2.45, 2.75) is 45.3 Å². The van der Waals surface area contributed by atoms with Crippen LogP contribution in [0.2, 0.25) is 0 Å². The number of hydrogen-bond acceptors (Lipinski definition) is 3. The van der Waals surface area contributed by atoms with Gasteiger partial charge in [-0.15, -0.1) is 0 Å². The van der Waals surface area contributed by atoms with Crippen LogP contribution in [0.3, 0.4) is 0 Å². The van der Waals surface area contributed by atoms with Gasteiger partial charge in [0, 0.05) is 20.0 Å². The maximum atomic E-state index is 10.9. The molecule has 0 bridgehead atoms. The second-order valence-corrected chi connectivity index (χ2v) is 6.64. The third kappa shape index (κ3) is 4.23. The van der Waals surface area contributed by atoms with Gasteiger partial charge in [0.2, 0.25) is 5.91 Å². The van der Waals surface area contributed by atoms with Crippen LogP contribution in [0.15, 0.2) is 24.3 Å². The fourth-order valence-electron chi connectivity index (χ4n) is 3.29. The van der Waals surface area contributed by atoms with Crippen LogP contribution in [0.25, 0.3) is 0 Å². The summed E-state index contributed by atoms with van der Waals surface area (Å²) in [5.41, 5.74) is 1.37. The van der Waals surface area contributed by atoms with E-state index in [-0.39, 0.29) is 5.91 Å². The molecule has 0 atom stereocenters. The molecule has 1 N–H and O–H groups in total. The average molecular weight is 302 g/mol. The zero-order valence-corrected chi connectivity index (χ0v) is 13.4. The van der Waals surface area contributed by atoms with Crippen molar-refractivity contribution >= 4 is 5.91 Å². The Bertz CT molecular complexity index is 488. The quantitative estimate of drug-likeness (QED) is 0.878. The molecule has 4 nitrogen and oxygen atoms in total. The Morgan fingerprint density at radius 1 is 1.23 bits per heavy atom. The van der Waals surface area contributed by atoms with Crippen LogP contribution in [0.5, 0.6) is 5.75 Å². The number of likely N-dealkylation sites (tertiary alicyclic amines) is 1. The summed E-state index contributed by atoms with van der Waals surface area (Å²) in [6.45, 7) is 5.87. The summed E-state index contributed by atoms with van der Waals surface area (Å²) in [7, 11) is 0. The smallest absolute Gasteiger partial charge is 0.216 e. The van der Waals surface area contributed by atoms with Crippen molar-refractivity contribution in [1.29, 1.82) is 0 Å². The summed E-state index contributed by atoms with van der Waals surface area (Å²) in [6, 6.07) is 8.54. The van der Waals surface area contributed by atoms with Crippen LogP contribution < -0.4 is 10.1 Å². The lowest BCUT2D eigenvalue weighted by Crippen LogP contribution is -2.40. The van der Waals surface area contributed by atoms with E-state index in [1.807, 2.05) is 0 Å². The molecule has 3 rings (SSSR count). The number of nitrogens with one attached hydrogen (secondary N) is 1. The Morgan fingerprint density at radius 3 is 2.55 bits per heavy atom. The summed E-state index contributed by atoms with van der Waals surface area (Å²) in [5.74, 6) is 1.59. The van der Waals surface area contributed by atoms with E-state index < -0.39 is 0 Å². The van der Waals surface area contributed by atoms with Gasteiger partial charge in [0.05, 0.1) is 6.10 Å². The van der Waals surface area contributed by atoms with Crippen molar-refractivity contribution in [3.05, 3.63) is 29.8 Å². The molecule has 2 aliphatic rings. The number of ether oxygens (including phenoxy) is 1. The van der Waals surface area contributed by atoms with Gasteiger partial charge >= 0.3 is 0 Å². The van der Waals surface area contributed by atoms with Crippen LogP contribution in [0, 0.1) is 5.92 Å². The largest absolute Gasteiger partial charge is 0.490 e. The molecule has 1 aliphatic carbocycles. The highest BCUT2D eigenvalue weighted by Gasteiger charge is 2.30. The SMILES string of the molecule is CC(=O)NCC1CC(Oc2ccc(CN3CCCC3)cc2)C1. The number of carbonyl (C=O) groups is 1. The van der Waals surface area contributed by atoms with Crippen molar-refractivity contribution in [1.82, 2.24) is 10.2 Å². The predicted molar refractivity (Wildman–Crippen MR) is 86.8 cm³/mol. The predicted octanol–water partition coefficient (Wildman–Crippen LogP) is 2.58. The standard InChI is InChI=1S/C18H26N2O2/c1-14(21)19-12-16-10-18(11-16)22-17-6-4-15(5-7-17)13-20-8-2-3-9-20/h4-7,16,18H,2-3,8-13H2,1H3,(H,19,21). The van der Waals surface area contributed by atoms with Crippen LogP contribution in [0.1, 0.15) is 38.2 Å². The molecule has 0 radical (unpaired) electrons. The monoisotopic (exact) mass is 302 g/mol. The fraction of sp³-hybridized carbons (Fsp3) is 0.611. The van der Waals surface area contributed by atoms with Crippen molar-refractivity contribution in [2.24, 2.45) is 5.92 Å². The molecule has 4 heteroatoms. The van der Waals surface area contributed by atoms with Crippen molar-refractivity contribution in [3.63, 3.8) is 0 Å². The van der Waals surface area contributed by atoms with E-state index in [0.717, 1.165) is 31.7 Å². The molecule has 22 heavy (non-hydrogen) atoms. The number of amides is 1. The number of rotatable bonds is 6. The second-order valence-electron chi connectivity index (χ2n) is 6.64. The first kappa shape index (κ1) is 15.3. The van der Waals surface area contributed by atoms with Gasteiger partial charge in [-0.25, -0.2) is 0 Å². The lowest BCUT2D eigenvalue weighted by Gasteiger charge is -2.35. The van der Waals surface area contributed by atoms with Crippen molar-refractivity contribution in [2.75, 3.05) is 19.6 Å². The molecule has 1 aromatic rings. The van der Waals surface area contributed by atoms with Gasteiger partial charge < -0.3 is 10.1 Å². The maximum Gasteiger partial charge on any atom is 0.216 e. The van der Waals surface area contributed by atoms with E-state index in [0.29, 0.717) is 12.0 Å². The Labute approximate surface area is 132 Å². The number of carbonyl (C=O) groups excluding carboxylic acids is 1. The zero-order valence-electron chi connectivity index (χ0n) is 13.4. The third-order valence-corrected chi connectivity index (χ3v) is 4.66. The molecule has 0 aromatic heterocycles. The third-order valence-electron chi connectivity index (χ3n) is 4.66. The summed E-state index contributed by atoms with van der Waals surface area (Å²) >= 11 is 0. The first-order valence-corrected chi connectivity index (χ1v) is 8.41. The van der Waals surface area contributed by atoms with Gasteiger partial charge in [-0.05, 0) is 62.4 Å². The lowest BCUT2D eigenvalue weighted by molar-refractivity contribution is -0.119. The van der Waals surface area contributed by atoms with Crippen molar-refractivity contribution in [3.8, 4) is 5.75 Å². The minimum Gasteiger partial charge on any atom is -0.490 e. The minimum absolute atomic E-state index is 0.0537. The molecular weight excluding hydrogens is 276 g/mol. The maximum absolute atomic E-state index is 10.9.